The smallest absolute Gasteiger partial charge is 0.252 e. The molecule has 0 aromatic heterocycles. The molecule has 0 radical (unpaired) electrons. The van der Waals surface area contributed by atoms with E-state index in [1.807, 2.05) is 18.2 Å². The molecule has 0 saturated heterocycles. The highest BCUT2D eigenvalue weighted by Crippen LogP contribution is 2.26. The van der Waals surface area contributed by atoms with Crippen molar-refractivity contribution in [2.75, 3.05) is 13.1 Å². The molecule has 0 bridgehead atoms. The number of hydrogen-bond acceptors (Lipinski definition) is 3. The Hall–Kier alpha value is -2.34. The Morgan fingerprint density at radius 2 is 1.69 bits per heavy atom. The van der Waals surface area contributed by atoms with Crippen LogP contribution in [0, 0.1) is 12.7 Å². The zero-order valence-electron chi connectivity index (χ0n) is 15.1. The summed E-state index contributed by atoms with van der Waals surface area (Å²) in [5, 5.41) is 5.85. The number of amides is 2. The van der Waals surface area contributed by atoms with Crippen molar-refractivity contribution in [1.29, 1.82) is 0 Å². The lowest BCUT2D eigenvalue weighted by Gasteiger charge is -2.12. The van der Waals surface area contributed by atoms with Crippen LogP contribution in [0.5, 0.6) is 0 Å². The van der Waals surface area contributed by atoms with E-state index in [4.69, 9.17) is 0 Å². The summed E-state index contributed by atoms with van der Waals surface area (Å²) in [7, 11) is 0. The van der Waals surface area contributed by atoms with Gasteiger partial charge in [0.05, 0.1) is 5.56 Å². The molecule has 0 unspecified atom stereocenters. The van der Waals surface area contributed by atoms with Gasteiger partial charge in [-0.1, -0.05) is 32.0 Å². The van der Waals surface area contributed by atoms with Gasteiger partial charge in [-0.15, -0.1) is 11.8 Å². The molecule has 0 aliphatic carbocycles. The Labute approximate surface area is 157 Å². The quantitative estimate of drug-likeness (QED) is 0.573. The monoisotopic (exact) mass is 374 g/mol. The van der Waals surface area contributed by atoms with E-state index < -0.39 is 5.82 Å². The second kappa shape index (κ2) is 9.38. The van der Waals surface area contributed by atoms with Crippen molar-refractivity contribution >= 4 is 23.6 Å². The van der Waals surface area contributed by atoms with Crippen LogP contribution in [-0.4, -0.2) is 30.2 Å². The highest BCUT2D eigenvalue weighted by atomic mass is 32.2. The van der Waals surface area contributed by atoms with Gasteiger partial charge in [0.25, 0.3) is 11.8 Å². The maximum absolute atomic E-state index is 13.5. The minimum absolute atomic E-state index is 0.177. The van der Waals surface area contributed by atoms with Crippen LogP contribution in [0.3, 0.4) is 0 Å². The summed E-state index contributed by atoms with van der Waals surface area (Å²) in [6.07, 6.45) is 0. The van der Waals surface area contributed by atoms with E-state index >= 15 is 0 Å². The molecule has 0 heterocycles. The van der Waals surface area contributed by atoms with Crippen LogP contribution in [0.1, 0.15) is 40.1 Å². The van der Waals surface area contributed by atoms with Gasteiger partial charge in [0.2, 0.25) is 0 Å². The Morgan fingerprint density at radius 3 is 2.35 bits per heavy atom. The van der Waals surface area contributed by atoms with E-state index in [0.29, 0.717) is 22.9 Å². The summed E-state index contributed by atoms with van der Waals surface area (Å²) in [4.78, 5) is 25.3. The second-order valence-corrected chi connectivity index (χ2v) is 7.76. The number of hydrogen-bond donors (Lipinski definition) is 2. The fourth-order valence-electron chi connectivity index (χ4n) is 2.29. The molecule has 26 heavy (non-hydrogen) atoms. The zero-order valence-corrected chi connectivity index (χ0v) is 16.0. The topological polar surface area (TPSA) is 58.2 Å². The largest absolute Gasteiger partial charge is 0.350 e. The highest BCUT2D eigenvalue weighted by Gasteiger charge is 2.12. The standard InChI is InChI=1S/C20H23FN2O2S/c1-13(2)26-18-7-5-4-6-16(18)20(25)23-11-10-22-19(24)15-9-8-14(3)17(21)12-15/h4-9,12-13H,10-11H2,1-3H3,(H,22,24)(H,23,25). The van der Waals surface area contributed by atoms with Crippen molar-refractivity contribution in [2.45, 2.75) is 30.9 Å². The van der Waals surface area contributed by atoms with Crippen LogP contribution in [0.4, 0.5) is 4.39 Å². The molecule has 138 valence electrons. The third-order valence-electron chi connectivity index (χ3n) is 3.62. The van der Waals surface area contributed by atoms with Crippen molar-refractivity contribution in [2.24, 2.45) is 0 Å². The first-order valence-corrected chi connectivity index (χ1v) is 9.34. The number of carbonyl (C=O) groups is 2. The van der Waals surface area contributed by atoms with E-state index in [2.05, 4.69) is 24.5 Å². The van der Waals surface area contributed by atoms with Gasteiger partial charge >= 0.3 is 0 Å². The van der Waals surface area contributed by atoms with Gasteiger partial charge in [0.1, 0.15) is 5.82 Å². The van der Waals surface area contributed by atoms with E-state index in [0.717, 1.165) is 4.90 Å². The van der Waals surface area contributed by atoms with Crippen molar-refractivity contribution in [3.05, 3.63) is 65.0 Å². The highest BCUT2D eigenvalue weighted by molar-refractivity contribution is 8.00. The average molecular weight is 374 g/mol. The van der Waals surface area contributed by atoms with Crippen molar-refractivity contribution < 1.29 is 14.0 Å². The SMILES string of the molecule is Cc1ccc(C(=O)NCCNC(=O)c2ccccc2SC(C)C)cc1F. The maximum atomic E-state index is 13.5. The number of nitrogens with one attached hydrogen (secondary N) is 2. The second-order valence-electron chi connectivity index (χ2n) is 6.14. The molecule has 2 N–H and O–H groups in total. The first-order chi connectivity index (χ1) is 12.4. The van der Waals surface area contributed by atoms with Gasteiger partial charge in [0, 0.05) is 28.8 Å². The molecule has 0 aliphatic rings. The molecule has 0 atom stereocenters. The number of aryl methyl sites for hydroxylation is 1. The van der Waals surface area contributed by atoms with Gasteiger partial charge in [-0.05, 0) is 36.8 Å². The predicted octanol–water partition coefficient (Wildman–Crippen LogP) is 3.79. The number of benzene rings is 2. The first kappa shape index (κ1) is 20.0. The Morgan fingerprint density at radius 1 is 1.04 bits per heavy atom. The molecule has 2 aromatic rings. The van der Waals surface area contributed by atoms with Crippen molar-refractivity contribution in [3.8, 4) is 0 Å². The predicted molar refractivity (Wildman–Crippen MR) is 103 cm³/mol. The minimum Gasteiger partial charge on any atom is -0.350 e. The lowest BCUT2D eigenvalue weighted by atomic mass is 10.1. The summed E-state index contributed by atoms with van der Waals surface area (Å²) in [5.74, 6) is -0.955. The fraction of sp³-hybridized carbons (Fsp3) is 0.300. The number of rotatable bonds is 7. The molecular weight excluding hydrogens is 351 g/mol. The molecule has 6 heteroatoms. The van der Waals surface area contributed by atoms with Crippen molar-refractivity contribution in [1.82, 2.24) is 10.6 Å². The van der Waals surface area contributed by atoms with Gasteiger partial charge in [0.15, 0.2) is 0 Å². The first-order valence-electron chi connectivity index (χ1n) is 8.46. The molecule has 4 nitrogen and oxygen atoms in total. The van der Waals surface area contributed by atoms with Crippen molar-refractivity contribution in [3.63, 3.8) is 0 Å². The van der Waals surface area contributed by atoms with Crippen LogP contribution in [-0.2, 0) is 0 Å². The zero-order chi connectivity index (χ0) is 19.1. The van der Waals surface area contributed by atoms with Crippen LogP contribution < -0.4 is 10.6 Å². The Bertz CT molecular complexity index is 793. The van der Waals surface area contributed by atoms with E-state index in [-0.39, 0.29) is 23.9 Å². The lowest BCUT2D eigenvalue weighted by molar-refractivity contribution is 0.0926. The lowest BCUT2D eigenvalue weighted by Crippen LogP contribution is -2.34. The van der Waals surface area contributed by atoms with Gasteiger partial charge in [-0.3, -0.25) is 9.59 Å². The summed E-state index contributed by atoms with van der Waals surface area (Å²) >= 11 is 1.63. The number of carbonyl (C=O) groups excluding carboxylic acids is 2. The van der Waals surface area contributed by atoms with Gasteiger partial charge in [-0.25, -0.2) is 4.39 Å². The summed E-state index contributed by atoms with van der Waals surface area (Å²) in [5.41, 5.74) is 1.38. The maximum Gasteiger partial charge on any atom is 0.252 e. The Balaban J connectivity index is 1.85. The van der Waals surface area contributed by atoms with Crippen LogP contribution in [0.25, 0.3) is 0 Å². The molecule has 0 spiro atoms. The molecule has 0 aliphatic heterocycles. The molecule has 2 aromatic carbocycles. The van der Waals surface area contributed by atoms with Crippen LogP contribution in [0.2, 0.25) is 0 Å². The van der Waals surface area contributed by atoms with Gasteiger partial charge < -0.3 is 10.6 Å². The minimum atomic E-state index is -0.412. The summed E-state index contributed by atoms with van der Waals surface area (Å²) in [6.45, 7) is 6.34. The third kappa shape index (κ3) is 5.59. The molecular formula is C20H23FN2O2S. The van der Waals surface area contributed by atoms with E-state index in [1.165, 1.54) is 6.07 Å². The average Bonchev–Trinajstić information content (AvgIpc) is 2.60. The Kier molecular flexibility index (Phi) is 7.21. The number of halogens is 1. The molecule has 2 rings (SSSR count). The molecule has 0 fully saturated rings. The van der Waals surface area contributed by atoms with Crippen LogP contribution >= 0.6 is 11.8 Å². The summed E-state index contributed by atoms with van der Waals surface area (Å²) in [6, 6.07) is 11.8. The summed E-state index contributed by atoms with van der Waals surface area (Å²) < 4.78 is 13.5. The molecule has 2 amide bonds. The fourth-order valence-corrected chi connectivity index (χ4v) is 3.25. The van der Waals surface area contributed by atoms with Crippen LogP contribution in [0.15, 0.2) is 47.4 Å². The van der Waals surface area contributed by atoms with E-state index in [1.54, 1.807) is 36.9 Å². The van der Waals surface area contributed by atoms with Gasteiger partial charge in [-0.2, -0.15) is 0 Å². The number of thioether (sulfide) groups is 1. The molecule has 0 saturated carbocycles. The van der Waals surface area contributed by atoms with E-state index in [9.17, 15) is 14.0 Å². The third-order valence-corrected chi connectivity index (χ3v) is 4.71. The normalized spacial score (nSPS) is 10.7.